The van der Waals surface area contributed by atoms with Crippen LogP contribution < -0.4 is 10.5 Å². The lowest BCUT2D eigenvalue weighted by molar-refractivity contribution is 0.0700. The Morgan fingerprint density at radius 3 is 2.70 bits per heavy atom. The zero-order chi connectivity index (χ0) is 30.3. The number of nitrogens with zero attached hydrogens (tertiary/aromatic N) is 6. The zero-order valence-electron chi connectivity index (χ0n) is 25.5. The van der Waals surface area contributed by atoms with E-state index in [2.05, 4.69) is 38.5 Å². The van der Waals surface area contributed by atoms with Crippen molar-refractivity contribution in [2.45, 2.75) is 63.9 Å². The van der Waals surface area contributed by atoms with Crippen LogP contribution in [0.4, 0.5) is 0 Å². The number of likely N-dealkylation sites (tertiary alicyclic amines) is 1. The molecule has 2 bridgehead atoms. The average Bonchev–Trinajstić information content (AvgIpc) is 3.30. The summed E-state index contributed by atoms with van der Waals surface area (Å²) in [5, 5.41) is 15.5. The largest absolute Gasteiger partial charge is 0.494 e. The fourth-order valence-electron chi connectivity index (χ4n) is 7.63. The summed E-state index contributed by atoms with van der Waals surface area (Å²) in [6.45, 7) is 3.84. The van der Waals surface area contributed by atoms with E-state index in [9.17, 15) is 9.90 Å². The number of carbonyl (C=O) groups is 1. The van der Waals surface area contributed by atoms with Gasteiger partial charge in [-0.3, -0.25) is 9.48 Å². The number of nitrogens with two attached hydrogens (primary N) is 1. The smallest absolute Gasteiger partial charge is 0.254 e. The molecule has 3 aliphatic rings. The van der Waals surface area contributed by atoms with E-state index >= 15 is 0 Å². The molecule has 0 spiro atoms. The molecule has 4 heterocycles. The molecule has 5 aromatic rings. The van der Waals surface area contributed by atoms with Crippen LogP contribution >= 0.6 is 0 Å². The highest BCUT2D eigenvalue weighted by atomic mass is 16.5. The number of imidazole rings is 1. The molecule has 1 unspecified atom stereocenters. The van der Waals surface area contributed by atoms with Gasteiger partial charge in [-0.05, 0) is 62.6 Å². The Hall–Kier alpha value is -4.15. The Morgan fingerprint density at radius 2 is 2.00 bits per heavy atom. The molecular formula is C34H39N7O3. The van der Waals surface area contributed by atoms with Crippen molar-refractivity contribution in [1.29, 1.82) is 0 Å². The van der Waals surface area contributed by atoms with Crippen LogP contribution in [0.5, 0.6) is 5.75 Å². The first-order chi connectivity index (χ1) is 21.3. The number of aliphatic hydroxyl groups excluding tert-OH is 1. The first-order valence-corrected chi connectivity index (χ1v) is 15.7. The summed E-state index contributed by atoms with van der Waals surface area (Å²) in [6.07, 6.45) is 7.92. The van der Waals surface area contributed by atoms with Crippen LogP contribution in [0.2, 0.25) is 0 Å². The number of piperidine rings is 1. The summed E-state index contributed by atoms with van der Waals surface area (Å²) in [4.78, 5) is 20.9. The third-order valence-electron chi connectivity index (χ3n) is 10.00. The van der Waals surface area contributed by atoms with Crippen molar-refractivity contribution in [2.24, 2.45) is 24.6 Å². The lowest BCUT2D eigenvalue weighted by Gasteiger charge is -2.27. The predicted molar refractivity (Wildman–Crippen MR) is 169 cm³/mol. The topological polar surface area (TPSA) is 116 Å². The third kappa shape index (κ3) is 4.34. The average molecular weight is 594 g/mol. The van der Waals surface area contributed by atoms with Gasteiger partial charge < -0.3 is 29.6 Å². The van der Waals surface area contributed by atoms with Gasteiger partial charge in [-0.25, -0.2) is 4.98 Å². The Morgan fingerprint density at radius 1 is 1.16 bits per heavy atom. The van der Waals surface area contributed by atoms with Gasteiger partial charge in [0, 0.05) is 60.5 Å². The lowest BCUT2D eigenvalue weighted by atomic mass is 10.1. The minimum atomic E-state index is -0.475. The molecule has 4 atom stereocenters. The number of amides is 1. The highest BCUT2D eigenvalue weighted by Crippen LogP contribution is 2.41. The van der Waals surface area contributed by atoms with Gasteiger partial charge in [0.15, 0.2) is 5.82 Å². The second-order valence-corrected chi connectivity index (χ2v) is 13.1. The van der Waals surface area contributed by atoms with Crippen LogP contribution in [0.3, 0.4) is 0 Å². The van der Waals surface area contributed by atoms with Crippen LogP contribution in [0.15, 0.2) is 48.8 Å². The number of aromatic nitrogens is 5. The van der Waals surface area contributed by atoms with E-state index in [-0.39, 0.29) is 18.0 Å². The van der Waals surface area contributed by atoms with Crippen molar-refractivity contribution in [1.82, 2.24) is 28.8 Å². The summed E-state index contributed by atoms with van der Waals surface area (Å²) in [5.74, 6) is 2.49. The molecule has 0 radical (unpaired) electrons. The number of ether oxygens (including phenoxy) is 1. The molecule has 10 heteroatoms. The quantitative estimate of drug-likeness (QED) is 0.275. The van der Waals surface area contributed by atoms with Gasteiger partial charge in [-0.1, -0.05) is 18.2 Å². The molecule has 1 saturated heterocycles. The number of para-hydroxylation sites is 1. The van der Waals surface area contributed by atoms with Crippen molar-refractivity contribution >= 4 is 27.8 Å². The molecule has 2 aliphatic carbocycles. The van der Waals surface area contributed by atoms with Crippen molar-refractivity contribution < 1.29 is 14.6 Å². The summed E-state index contributed by atoms with van der Waals surface area (Å²) in [6, 6.07) is 12.6. The number of benzene rings is 2. The Kier molecular flexibility index (Phi) is 6.36. The van der Waals surface area contributed by atoms with E-state index in [4.69, 9.17) is 15.5 Å². The molecule has 3 fully saturated rings. The fourth-order valence-corrected chi connectivity index (χ4v) is 7.63. The molecule has 3 aromatic heterocycles. The normalized spacial score (nSPS) is 22.0. The van der Waals surface area contributed by atoms with Gasteiger partial charge >= 0.3 is 0 Å². The molecule has 8 rings (SSSR count). The number of hydrogen-bond donors (Lipinski definition) is 2. The first-order valence-electron chi connectivity index (χ1n) is 15.7. The lowest BCUT2D eigenvalue weighted by Crippen LogP contribution is -2.41. The molecule has 10 nitrogen and oxygen atoms in total. The summed E-state index contributed by atoms with van der Waals surface area (Å²) in [5.41, 5.74) is 12.9. The maximum Gasteiger partial charge on any atom is 0.254 e. The molecule has 1 amide bonds. The SMILES string of the molecule is COc1cc(C(=O)N2C[C@H]3CC[C@@H]2[C@@H]3N)cc2nc(-c3cc4cccc(-c5cnn(CC(C)O)c5)c4n3CC3CC3)n(C)c12. The van der Waals surface area contributed by atoms with Gasteiger partial charge in [0.2, 0.25) is 0 Å². The molecule has 3 N–H and O–H groups in total. The number of rotatable bonds is 8. The molecule has 1 aliphatic heterocycles. The standard InChI is InChI=1S/C34H39N7O3/c1-19(42)15-39-17-24(14-36-39)25-6-4-5-21-12-28(40(31(21)25)16-20-7-8-20)33-37-26-11-23(13-29(44-3)32(26)38(33)2)34(43)41-18-22-9-10-27(41)30(22)35/h4-6,11-14,17,19-20,22,27,30,42H,7-10,15-16,18,35H2,1-3H3/t19?,22-,27-,30-/m1/s1. The van der Waals surface area contributed by atoms with E-state index in [0.29, 0.717) is 29.7 Å². The van der Waals surface area contributed by atoms with Crippen LogP contribution in [0.25, 0.3) is 44.6 Å². The Labute approximate surface area is 256 Å². The van der Waals surface area contributed by atoms with E-state index < -0.39 is 6.10 Å². The summed E-state index contributed by atoms with van der Waals surface area (Å²) >= 11 is 0. The van der Waals surface area contributed by atoms with E-state index in [1.165, 1.54) is 12.8 Å². The van der Waals surface area contributed by atoms with E-state index in [1.807, 2.05) is 36.5 Å². The maximum atomic E-state index is 13.7. The van der Waals surface area contributed by atoms with Gasteiger partial charge in [0.1, 0.15) is 11.3 Å². The summed E-state index contributed by atoms with van der Waals surface area (Å²) < 4.78 is 12.2. The number of carbonyl (C=O) groups excluding carboxylic acids is 1. The minimum Gasteiger partial charge on any atom is -0.494 e. The van der Waals surface area contributed by atoms with Gasteiger partial charge in [-0.2, -0.15) is 5.10 Å². The van der Waals surface area contributed by atoms with Gasteiger partial charge in [-0.15, -0.1) is 0 Å². The van der Waals surface area contributed by atoms with Gasteiger partial charge in [0.05, 0.1) is 42.7 Å². The Bertz CT molecular complexity index is 1910. The number of aliphatic hydroxyl groups is 1. The Balaban J connectivity index is 1.25. The summed E-state index contributed by atoms with van der Waals surface area (Å²) in [7, 11) is 3.67. The molecule has 2 aromatic carbocycles. The van der Waals surface area contributed by atoms with Crippen LogP contribution in [0, 0.1) is 11.8 Å². The second-order valence-electron chi connectivity index (χ2n) is 13.1. The van der Waals surface area contributed by atoms with Crippen molar-refractivity contribution in [2.75, 3.05) is 13.7 Å². The van der Waals surface area contributed by atoms with Crippen LogP contribution in [0.1, 0.15) is 43.0 Å². The maximum absolute atomic E-state index is 13.7. The van der Waals surface area contributed by atoms with Crippen LogP contribution in [-0.2, 0) is 20.1 Å². The highest BCUT2D eigenvalue weighted by Gasteiger charge is 2.47. The molecule has 228 valence electrons. The third-order valence-corrected chi connectivity index (χ3v) is 10.00. The zero-order valence-corrected chi connectivity index (χ0v) is 25.5. The van der Waals surface area contributed by atoms with E-state index in [1.54, 1.807) is 18.7 Å². The van der Waals surface area contributed by atoms with Gasteiger partial charge in [0.25, 0.3) is 5.91 Å². The van der Waals surface area contributed by atoms with Crippen molar-refractivity contribution in [3.05, 3.63) is 54.4 Å². The number of fused-ring (bicyclic) bond motifs is 4. The number of methoxy groups -OCH3 is 1. The number of aryl methyl sites for hydroxylation is 1. The van der Waals surface area contributed by atoms with Crippen LogP contribution in [-0.4, -0.2) is 71.7 Å². The number of hydrogen-bond acceptors (Lipinski definition) is 6. The second kappa shape index (κ2) is 10.2. The van der Waals surface area contributed by atoms with Crippen molar-refractivity contribution in [3.8, 4) is 28.4 Å². The predicted octanol–water partition coefficient (Wildman–Crippen LogP) is 4.42. The monoisotopic (exact) mass is 593 g/mol. The molecule has 44 heavy (non-hydrogen) atoms. The molecule has 2 saturated carbocycles. The minimum absolute atomic E-state index is 0.00341. The highest BCUT2D eigenvalue weighted by molar-refractivity contribution is 6.01. The first kappa shape index (κ1) is 27.4. The molecular weight excluding hydrogens is 554 g/mol. The van der Waals surface area contributed by atoms with E-state index in [0.717, 1.165) is 70.5 Å². The fraction of sp³-hybridized carbons (Fsp3) is 0.441. The van der Waals surface area contributed by atoms with Crippen molar-refractivity contribution in [3.63, 3.8) is 0 Å².